The lowest BCUT2D eigenvalue weighted by Crippen LogP contribution is -2.23. The first-order chi connectivity index (χ1) is 9.97. The first-order valence-corrected chi connectivity index (χ1v) is 7.98. The molecule has 0 saturated heterocycles. The van der Waals surface area contributed by atoms with Gasteiger partial charge in [0.15, 0.2) is 0 Å². The number of rotatable bonds is 4. The number of thiophene rings is 1. The summed E-state index contributed by atoms with van der Waals surface area (Å²) in [6.45, 7) is 0. The summed E-state index contributed by atoms with van der Waals surface area (Å²) in [5, 5.41) is 4.69. The maximum atomic E-state index is 12.1. The minimum absolute atomic E-state index is 0.0503. The van der Waals surface area contributed by atoms with Gasteiger partial charge in [0, 0.05) is 24.3 Å². The third-order valence-corrected chi connectivity index (χ3v) is 4.73. The molecule has 0 radical (unpaired) electrons. The van der Waals surface area contributed by atoms with Gasteiger partial charge in [-0.3, -0.25) is 9.59 Å². The molecule has 6 heteroatoms. The minimum atomic E-state index is -0.144. The average Bonchev–Trinajstić information content (AvgIpc) is 2.87. The van der Waals surface area contributed by atoms with Gasteiger partial charge >= 0.3 is 0 Å². The number of hydrogen-bond acceptors (Lipinski definition) is 3. The Morgan fingerprint density at radius 2 is 1.86 bits per heavy atom. The van der Waals surface area contributed by atoms with Crippen LogP contribution in [-0.4, -0.2) is 30.8 Å². The van der Waals surface area contributed by atoms with Crippen molar-refractivity contribution in [3.8, 4) is 0 Å². The van der Waals surface area contributed by atoms with Gasteiger partial charge in [-0.05, 0) is 45.1 Å². The zero-order valence-electron chi connectivity index (χ0n) is 11.7. The van der Waals surface area contributed by atoms with Crippen molar-refractivity contribution in [2.24, 2.45) is 0 Å². The lowest BCUT2D eigenvalue weighted by atomic mass is 10.1. The summed E-state index contributed by atoms with van der Waals surface area (Å²) in [6.07, 6.45) is 0.359. The lowest BCUT2D eigenvalue weighted by Gasteiger charge is -2.10. The van der Waals surface area contributed by atoms with Crippen molar-refractivity contribution in [3.63, 3.8) is 0 Å². The van der Waals surface area contributed by atoms with Crippen LogP contribution in [0.2, 0.25) is 0 Å². The Bertz CT molecular complexity index is 650. The van der Waals surface area contributed by atoms with E-state index in [-0.39, 0.29) is 11.8 Å². The normalized spacial score (nSPS) is 10.2. The molecule has 2 aromatic rings. The van der Waals surface area contributed by atoms with E-state index in [2.05, 4.69) is 21.2 Å². The molecule has 0 aliphatic carbocycles. The van der Waals surface area contributed by atoms with Crippen LogP contribution in [0.4, 0.5) is 5.69 Å². The molecule has 21 heavy (non-hydrogen) atoms. The van der Waals surface area contributed by atoms with E-state index in [9.17, 15) is 9.59 Å². The summed E-state index contributed by atoms with van der Waals surface area (Å²) in [5.41, 5.74) is 1.63. The van der Waals surface area contributed by atoms with E-state index in [1.165, 1.54) is 11.3 Å². The van der Waals surface area contributed by atoms with E-state index in [1.807, 2.05) is 23.6 Å². The van der Waals surface area contributed by atoms with E-state index < -0.39 is 0 Å². The van der Waals surface area contributed by atoms with Crippen LogP contribution in [0.15, 0.2) is 40.2 Å². The Morgan fingerprint density at radius 3 is 2.38 bits per heavy atom. The van der Waals surface area contributed by atoms with Crippen LogP contribution in [0.1, 0.15) is 15.2 Å². The van der Waals surface area contributed by atoms with Crippen LogP contribution in [0.5, 0.6) is 0 Å². The number of nitrogens with one attached hydrogen (secondary N) is 1. The second-order valence-electron chi connectivity index (χ2n) is 4.71. The molecule has 0 bridgehead atoms. The predicted molar refractivity (Wildman–Crippen MR) is 88.8 cm³/mol. The predicted octanol–water partition coefficient (Wildman–Crippen LogP) is 3.39. The van der Waals surface area contributed by atoms with Crippen LogP contribution in [0.3, 0.4) is 0 Å². The van der Waals surface area contributed by atoms with E-state index in [1.54, 1.807) is 31.1 Å². The molecule has 4 nitrogen and oxygen atoms in total. The van der Waals surface area contributed by atoms with E-state index in [0.717, 1.165) is 10.0 Å². The van der Waals surface area contributed by atoms with Crippen LogP contribution in [0.25, 0.3) is 0 Å². The van der Waals surface area contributed by atoms with Gasteiger partial charge in [-0.15, -0.1) is 11.3 Å². The summed E-state index contributed by atoms with van der Waals surface area (Å²) in [6, 6.07) is 9.14. The highest BCUT2D eigenvalue weighted by Gasteiger charge is 2.12. The lowest BCUT2D eigenvalue weighted by molar-refractivity contribution is -0.127. The fraction of sp³-hybridized carbons (Fsp3) is 0.200. The third kappa shape index (κ3) is 4.15. The molecule has 0 unspecified atom stereocenters. The molecule has 2 amide bonds. The molecule has 0 atom stereocenters. The number of hydrogen-bond donors (Lipinski definition) is 1. The molecule has 110 valence electrons. The molecule has 1 heterocycles. The summed E-state index contributed by atoms with van der Waals surface area (Å²) in [5.74, 6) is -0.0942. The molecule has 2 rings (SSSR count). The number of amides is 2. The molecule has 0 fully saturated rings. The average molecular weight is 367 g/mol. The third-order valence-electron chi connectivity index (χ3n) is 2.89. The van der Waals surface area contributed by atoms with Crippen molar-refractivity contribution >= 4 is 44.8 Å². The van der Waals surface area contributed by atoms with Crippen molar-refractivity contribution in [2.45, 2.75) is 6.42 Å². The standard InChI is InChI=1S/C15H15BrN2O2S/c1-18(2)13(19)9-10-3-5-11(6-4-10)17-15(20)14-12(16)7-8-21-14/h3-8H,9H2,1-2H3,(H,17,20). The van der Waals surface area contributed by atoms with Crippen molar-refractivity contribution in [3.05, 3.63) is 50.6 Å². The molecular weight excluding hydrogens is 352 g/mol. The minimum Gasteiger partial charge on any atom is -0.349 e. The zero-order chi connectivity index (χ0) is 15.4. The van der Waals surface area contributed by atoms with Crippen LogP contribution < -0.4 is 5.32 Å². The second kappa shape index (κ2) is 6.87. The number of likely N-dealkylation sites (N-methyl/N-ethyl adjacent to an activating group) is 1. The number of halogens is 1. The van der Waals surface area contributed by atoms with Crippen molar-refractivity contribution < 1.29 is 9.59 Å². The van der Waals surface area contributed by atoms with E-state index in [4.69, 9.17) is 0 Å². The maximum absolute atomic E-state index is 12.1. The van der Waals surface area contributed by atoms with Gasteiger partial charge in [0.2, 0.25) is 5.91 Å². The summed E-state index contributed by atoms with van der Waals surface area (Å²) < 4.78 is 0.790. The Morgan fingerprint density at radius 1 is 1.19 bits per heavy atom. The van der Waals surface area contributed by atoms with Crippen molar-refractivity contribution in [2.75, 3.05) is 19.4 Å². The SMILES string of the molecule is CN(C)C(=O)Cc1ccc(NC(=O)c2sccc2Br)cc1. The van der Waals surface area contributed by atoms with Crippen molar-refractivity contribution in [1.82, 2.24) is 4.90 Å². The highest BCUT2D eigenvalue weighted by Crippen LogP contribution is 2.23. The Labute approximate surface area is 135 Å². The molecule has 1 N–H and O–H groups in total. The Balaban J connectivity index is 2.01. The largest absolute Gasteiger partial charge is 0.349 e. The number of nitrogens with zero attached hydrogens (tertiary/aromatic N) is 1. The Hall–Kier alpha value is -1.66. The van der Waals surface area contributed by atoms with E-state index in [0.29, 0.717) is 17.0 Å². The second-order valence-corrected chi connectivity index (χ2v) is 6.48. The van der Waals surface area contributed by atoms with Crippen LogP contribution in [0, 0.1) is 0 Å². The summed E-state index contributed by atoms with van der Waals surface area (Å²) >= 11 is 4.72. The van der Waals surface area contributed by atoms with Gasteiger partial charge in [-0.1, -0.05) is 12.1 Å². The summed E-state index contributed by atoms with van der Waals surface area (Å²) in [7, 11) is 3.46. The quantitative estimate of drug-likeness (QED) is 0.901. The molecule has 1 aromatic heterocycles. The van der Waals surface area contributed by atoms with Crippen LogP contribution in [-0.2, 0) is 11.2 Å². The summed E-state index contributed by atoms with van der Waals surface area (Å²) in [4.78, 5) is 25.9. The molecule has 0 aliphatic heterocycles. The van der Waals surface area contributed by atoms with Gasteiger partial charge < -0.3 is 10.2 Å². The molecule has 0 aliphatic rings. The molecule has 0 spiro atoms. The first kappa shape index (κ1) is 15.7. The van der Waals surface area contributed by atoms with E-state index >= 15 is 0 Å². The van der Waals surface area contributed by atoms with Crippen molar-refractivity contribution in [1.29, 1.82) is 0 Å². The highest BCUT2D eigenvalue weighted by molar-refractivity contribution is 9.10. The monoisotopic (exact) mass is 366 g/mol. The highest BCUT2D eigenvalue weighted by atomic mass is 79.9. The number of carbonyl (C=O) groups is 2. The number of carbonyl (C=O) groups excluding carboxylic acids is 2. The maximum Gasteiger partial charge on any atom is 0.266 e. The number of benzene rings is 1. The van der Waals surface area contributed by atoms with Gasteiger partial charge in [0.1, 0.15) is 4.88 Å². The number of anilines is 1. The zero-order valence-corrected chi connectivity index (χ0v) is 14.1. The first-order valence-electron chi connectivity index (χ1n) is 6.31. The van der Waals surface area contributed by atoms with Gasteiger partial charge in [-0.2, -0.15) is 0 Å². The molecule has 1 aromatic carbocycles. The fourth-order valence-corrected chi connectivity index (χ4v) is 3.13. The smallest absolute Gasteiger partial charge is 0.266 e. The van der Waals surface area contributed by atoms with Gasteiger partial charge in [-0.25, -0.2) is 0 Å². The Kier molecular flexibility index (Phi) is 5.14. The fourth-order valence-electron chi connectivity index (χ4n) is 1.68. The topological polar surface area (TPSA) is 49.4 Å². The molecule has 0 saturated carbocycles. The molecular formula is C15H15BrN2O2S. The van der Waals surface area contributed by atoms with Crippen LogP contribution >= 0.6 is 27.3 Å². The van der Waals surface area contributed by atoms with Gasteiger partial charge in [0.05, 0.1) is 6.42 Å². The van der Waals surface area contributed by atoms with Gasteiger partial charge in [0.25, 0.3) is 5.91 Å².